The molecule has 13 heavy (non-hydrogen) atoms. The molecule has 0 aliphatic rings. The van der Waals surface area contributed by atoms with Crippen LogP contribution in [0.5, 0.6) is 0 Å². The van der Waals surface area contributed by atoms with Crippen LogP contribution in [-0.2, 0) is 4.84 Å². The molecule has 0 fully saturated rings. The van der Waals surface area contributed by atoms with Gasteiger partial charge < -0.3 is 4.84 Å². The Morgan fingerprint density at radius 1 is 1.62 bits per heavy atom. The normalized spacial score (nSPS) is 11.4. The minimum Gasteiger partial charge on any atom is -0.396 e. The molecule has 1 aromatic rings. The van der Waals surface area contributed by atoms with Gasteiger partial charge in [0.2, 0.25) is 0 Å². The van der Waals surface area contributed by atoms with E-state index in [1.54, 1.807) is 17.6 Å². The van der Waals surface area contributed by atoms with Crippen molar-refractivity contribution in [3.63, 3.8) is 0 Å². The highest BCUT2D eigenvalue weighted by atomic mass is 32.1. The summed E-state index contributed by atoms with van der Waals surface area (Å²) in [7, 11) is 0. The summed E-state index contributed by atoms with van der Waals surface area (Å²) in [6, 6.07) is 2.14. The van der Waals surface area contributed by atoms with Gasteiger partial charge in [-0.1, -0.05) is 19.0 Å². The molecule has 3 heteroatoms. The van der Waals surface area contributed by atoms with E-state index in [9.17, 15) is 0 Å². The molecule has 0 radical (unpaired) electrons. The predicted octanol–water partition coefficient (Wildman–Crippen LogP) is 3.24. The van der Waals surface area contributed by atoms with Crippen molar-refractivity contribution in [1.82, 2.24) is 0 Å². The van der Waals surface area contributed by atoms with Gasteiger partial charge in [0.25, 0.3) is 0 Å². The zero-order valence-corrected chi connectivity index (χ0v) is 9.10. The summed E-state index contributed by atoms with van der Waals surface area (Å²) in [5.41, 5.74) is 1.34. The van der Waals surface area contributed by atoms with Gasteiger partial charge in [0.05, 0.1) is 11.1 Å². The van der Waals surface area contributed by atoms with Gasteiger partial charge in [0.15, 0.2) is 0 Å². The van der Waals surface area contributed by atoms with Crippen LogP contribution in [-0.4, -0.2) is 12.8 Å². The molecule has 2 nitrogen and oxygen atoms in total. The van der Waals surface area contributed by atoms with E-state index in [0.29, 0.717) is 12.5 Å². The largest absolute Gasteiger partial charge is 0.396 e. The van der Waals surface area contributed by atoms with Crippen molar-refractivity contribution in [2.45, 2.75) is 26.7 Å². The predicted molar refractivity (Wildman–Crippen MR) is 57.6 cm³/mol. The van der Waals surface area contributed by atoms with Gasteiger partial charge in [-0.2, -0.15) is 0 Å². The number of nitrogens with zero attached hydrogens (tertiary/aromatic N) is 1. The van der Waals surface area contributed by atoms with Crippen molar-refractivity contribution in [3.05, 3.63) is 21.9 Å². The first kappa shape index (κ1) is 10.3. The molecule has 0 aromatic carbocycles. The Kier molecular flexibility index (Phi) is 3.96. The Hall–Kier alpha value is -0.830. The average Bonchev–Trinajstić information content (AvgIpc) is 2.53. The van der Waals surface area contributed by atoms with Gasteiger partial charge in [-0.15, -0.1) is 11.3 Å². The molecule has 0 bridgehead atoms. The fourth-order valence-electron chi connectivity index (χ4n) is 1.07. The van der Waals surface area contributed by atoms with Crippen molar-refractivity contribution in [1.29, 1.82) is 0 Å². The van der Waals surface area contributed by atoms with E-state index in [-0.39, 0.29) is 0 Å². The smallest absolute Gasteiger partial charge is 0.114 e. The van der Waals surface area contributed by atoms with Gasteiger partial charge in [0, 0.05) is 0 Å². The Morgan fingerprint density at radius 2 is 2.38 bits per heavy atom. The van der Waals surface area contributed by atoms with Gasteiger partial charge in [-0.25, -0.2) is 0 Å². The first-order valence-electron chi connectivity index (χ1n) is 4.48. The topological polar surface area (TPSA) is 21.6 Å². The van der Waals surface area contributed by atoms with E-state index in [2.05, 4.69) is 30.4 Å². The van der Waals surface area contributed by atoms with Gasteiger partial charge in [0.1, 0.15) is 6.61 Å². The quantitative estimate of drug-likeness (QED) is 0.536. The zero-order chi connectivity index (χ0) is 9.68. The standard InChI is InChI=1S/C10H15NOS/c1-4-12-11-7-10-9(8(2)3)5-6-13-10/h5-8H,4H2,1-3H3/b11-7+. The lowest BCUT2D eigenvalue weighted by Crippen LogP contribution is -1.90. The summed E-state index contributed by atoms with van der Waals surface area (Å²) in [5, 5.41) is 5.95. The summed E-state index contributed by atoms with van der Waals surface area (Å²) < 4.78 is 0. The van der Waals surface area contributed by atoms with Crippen molar-refractivity contribution >= 4 is 17.6 Å². The molecule has 0 unspecified atom stereocenters. The second kappa shape index (κ2) is 5.02. The Labute approximate surface area is 83.2 Å². The van der Waals surface area contributed by atoms with Crippen LogP contribution < -0.4 is 0 Å². The molecule has 1 aromatic heterocycles. The molecule has 72 valence electrons. The van der Waals surface area contributed by atoms with E-state index in [1.807, 2.05) is 6.92 Å². The fourth-order valence-corrected chi connectivity index (χ4v) is 1.98. The minimum absolute atomic E-state index is 0.550. The number of rotatable bonds is 4. The van der Waals surface area contributed by atoms with Crippen LogP contribution in [0.1, 0.15) is 37.1 Å². The van der Waals surface area contributed by atoms with Crippen LogP contribution >= 0.6 is 11.3 Å². The molecule has 0 saturated heterocycles. The Bertz CT molecular complexity index is 278. The second-order valence-corrected chi connectivity index (χ2v) is 3.99. The molecule has 0 atom stereocenters. The molecular weight excluding hydrogens is 182 g/mol. The monoisotopic (exact) mass is 197 g/mol. The number of hydrogen-bond acceptors (Lipinski definition) is 3. The summed E-state index contributed by atoms with van der Waals surface area (Å²) in [4.78, 5) is 6.12. The second-order valence-electron chi connectivity index (χ2n) is 3.05. The zero-order valence-electron chi connectivity index (χ0n) is 8.28. The lowest BCUT2D eigenvalue weighted by molar-refractivity contribution is 0.160. The van der Waals surface area contributed by atoms with Crippen molar-refractivity contribution < 1.29 is 4.84 Å². The summed E-state index contributed by atoms with van der Waals surface area (Å²) in [6.45, 7) is 6.91. The molecule has 0 aliphatic carbocycles. The van der Waals surface area contributed by atoms with Crippen molar-refractivity contribution in [3.8, 4) is 0 Å². The summed E-state index contributed by atoms with van der Waals surface area (Å²) >= 11 is 1.70. The molecular formula is C10H15NOS. The lowest BCUT2D eigenvalue weighted by Gasteiger charge is -2.02. The number of hydrogen-bond donors (Lipinski definition) is 0. The van der Waals surface area contributed by atoms with Gasteiger partial charge in [-0.3, -0.25) is 0 Å². The van der Waals surface area contributed by atoms with Crippen LogP contribution in [0.25, 0.3) is 0 Å². The maximum atomic E-state index is 4.92. The number of oxime groups is 1. The highest BCUT2D eigenvalue weighted by Crippen LogP contribution is 2.22. The highest BCUT2D eigenvalue weighted by molar-refractivity contribution is 7.11. The minimum atomic E-state index is 0.550. The van der Waals surface area contributed by atoms with E-state index < -0.39 is 0 Å². The summed E-state index contributed by atoms with van der Waals surface area (Å²) in [5.74, 6) is 0.550. The molecule has 0 aliphatic heterocycles. The third-order valence-corrected chi connectivity index (χ3v) is 2.59. The first-order chi connectivity index (χ1) is 6.25. The van der Waals surface area contributed by atoms with Crippen LogP contribution in [0.4, 0.5) is 0 Å². The van der Waals surface area contributed by atoms with Crippen LogP contribution in [0.2, 0.25) is 0 Å². The van der Waals surface area contributed by atoms with Crippen LogP contribution in [0.3, 0.4) is 0 Å². The summed E-state index contributed by atoms with van der Waals surface area (Å²) in [6.07, 6.45) is 1.80. The third-order valence-electron chi connectivity index (χ3n) is 1.72. The molecule has 0 N–H and O–H groups in total. The van der Waals surface area contributed by atoms with E-state index in [0.717, 1.165) is 0 Å². The SMILES string of the molecule is CCO/N=C/c1sccc1C(C)C. The van der Waals surface area contributed by atoms with Crippen molar-refractivity contribution in [2.24, 2.45) is 5.16 Å². The molecule has 1 rings (SSSR count). The number of thiophene rings is 1. The van der Waals surface area contributed by atoms with Crippen LogP contribution in [0, 0.1) is 0 Å². The molecule has 0 spiro atoms. The van der Waals surface area contributed by atoms with E-state index >= 15 is 0 Å². The molecule has 0 amide bonds. The fraction of sp³-hybridized carbons (Fsp3) is 0.500. The van der Waals surface area contributed by atoms with Crippen LogP contribution in [0.15, 0.2) is 16.6 Å². The van der Waals surface area contributed by atoms with Gasteiger partial charge in [-0.05, 0) is 29.9 Å². The highest BCUT2D eigenvalue weighted by Gasteiger charge is 2.05. The van der Waals surface area contributed by atoms with Gasteiger partial charge >= 0.3 is 0 Å². The maximum absolute atomic E-state index is 4.92. The molecule has 1 heterocycles. The van der Waals surface area contributed by atoms with E-state index in [1.165, 1.54) is 10.4 Å². The average molecular weight is 197 g/mol. The van der Waals surface area contributed by atoms with E-state index in [4.69, 9.17) is 4.84 Å². The first-order valence-corrected chi connectivity index (χ1v) is 5.36. The lowest BCUT2D eigenvalue weighted by atomic mass is 10.1. The molecule has 0 saturated carbocycles. The maximum Gasteiger partial charge on any atom is 0.114 e. The van der Waals surface area contributed by atoms with Crippen molar-refractivity contribution in [2.75, 3.05) is 6.61 Å². The Morgan fingerprint density at radius 3 is 3.00 bits per heavy atom. The third kappa shape index (κ3) is 2.84. The Balaban J connectivity index is 2.70.